The number of methoxy groups -OCH3 is 1. The molecule has 3 aromatic rings. The average Bonchev–Trinajstić information content (AvgIpc) is 3.11. The number of fused-ring (bicyclic) bond motifs is 1. The number of amides is 2. The lowest BCUT2D eigenvalue weighted by atomic mass is 10.0. The first-order valence-electron chi connectivity index (χ1n) is 9.14. The van der Waals surface area contributed by atoms with Crippen LogP contribution < -0.4 is 15.4 Å². The number of benzene rings is 2. The van der Waals surface area contributed by atoms with Crippen molar-refractivity contribution < 1.29 is 19.1 Å². The summed E-state index contributed by atoms with van der Waals surface area (Å²) in [5.41, 5.74) is 2.27. The van der Waals surface area contributed by atoms with Crippen LogP contribution in [0.2, 0.25) is 5.02 Å². The van der Waals surface area contributed by atoms with Gasteiger partial charge in [0.2, 0.25) is 5.91 Å². The second-order valence-electron chi connectivity index (χ2n) is 6.31. The Hall–Kier alpha value is -3.19. The molecule has 0 fully saturated rings. The van der Waals surface area contributed by atoms with Crippen LogP contribution in [0.1, 0.15) is 12.5 Å². The van der Waals surface area contributed by atoms with Gasteiger partial charge in [-0.1, -0.05) is 29.8 Å². The highest BCUT2D eigenvalue weighted by molar-refractivity contribution is 6.31. The lowest BCUT2D eigenvalue weighted by Gasteiger charge is -2.19. The first kappa shape index (κ1) is 20.5. The molecule has 1 aromatic heterocycles. The molecule has 0 aliphatic carbocycles. The molecule has 0 aliphatic rings. The van der Waals surface area contributed by atoms with Gasteiger partial charge >= 0.3 is 6.09 Å². The molecule has 7 nitrogen and oxygen atoms in total. The van der Waals surface area contributed by atoms with Gasteiger partial charge in [0.1, 0.15) is 11.8 Å². The van der Waals surface area contributed by atoms with E-state index in [2.05, 4.69) is 15.6 Å². The fraction of sp³-hybridized carbons (Fsp3) is 0.238. The number of aromatic nitrogens is 1. The lowest BCUT2D eigenvalue weighted by molar-refractivity contribution is -0.118. The van der Waals surface area contributed by atoms with E-state index in [4.69, 9.17) is 21.1 Å². The number of halogens is 1. The van der Waals surface area contributed by atoms with Gasteiger partial charge in [0.15, 0.2) is 0 Å². The number of H-pyrrole nitrogens is 1. The summed E-state index contributed by atoms with van der Waals surface area (Å²) in [5, 5.41) is 6.85. The molecule has 0 saturated heterocycles. The van der Waals surface area contributed by atoms with E-state index in [0.29, 0.717) is 16.5 Å². The molecular weight excluding hydrogens is 394 g/mol. The fourth-order valence-corrected chi connectivity index (χ4v) is 3.21. The second-order valence-corrected chi connectivity index (χ2v) is 6.75. The first-order chi connectivity index (χ1) is 14.0. The van der Waals surface area contributed by atoms with Gasteiger partial charge in [0, 0.05) is 28.5 Å². The Morgan fingerprint density at radius 2 is 2.00 bits per heavy atom. The van der Waals surface area contributed by atoms with Crippen molar-refractivity contribution in [3.8, 4) is 5.75 Å². The number of anilines is 1. The molecule has 1 atom stereocenters. The second kappa shape index (κ2) is 9.34. The summed E-state index contributed by atoms with van der Waals surface area (Å²) in [6.07, 6.45) is 1.44. The highest BCUT2D eigenvalue weighted by atomic mass is 35.5. The third-order valence-electron chi connectivity index (χ3n) is 4.40. The number of carbonyl (C=O) groups is 2. The Morgan fingerprint density at radius 3 is 2.76 bits per heavy atom. The monoisotopic (exact) mass is 415 g/mol. The van der Waals surface area contributed by atoms with Crippen molar-refractivity contribution in [3.63, 3.8) is 0 Å². The van der Waals surface area contributed by atoms with E-state index in [1.54, 1.807) is 25.1 Å². The van der Waals surface area contributed by atoms with Crippen molar-refractivity contribution in [2.75, 3.05) is 19.0 Å². The van der Waals surface area contributed by atoms with Crippen molar-refractivity contribution in [2.45, 2.75) is 19.4 Å². The van der Waals surface area contributed by atoms with E-state index >= 15 is 0 Å². The molecule has 29 heavy (non-hydrogen) atoms. The zero-order chi connectivity index (χ0) is 20.8. The van der Waals surface area contributed by atoms with Gasteiger partial charge in [-0.05, 0) is 36.8 Å². The number of hydrogen-bond donors (Lipinski definition) is 3. The van der Waals surface area contributed by atoms with Crippen LogP contribution in [0.4, 0.5) is 10.5 Å². The average molecular weight is 416 g/mol. The number of para-hydroxylation sites is 1. The number of hydrogen-bond acceptors (Lipinski definition) is 4. The molecule has 152 valence electrons. The first-order valence-corrected chi connectivity index (χ1v) is 9.52. The van der Waals surface area contributed by atoms with Crippen molar-refractivity contribution in [3.05, 3.63) is 59.2 Å². The number of nitrogens with one attached hydrogen (secondary N) is 3. The quantitative estimate of drug-likeness (QED) is 0.541. The third-order valence-corrected chi connectivity index (χ3v) is 4.64. The van der Waals surface area contributed by atoms with E-state index in [1.807, 2.05) is 30.5 Å². The van der Waals surface area contributed by atoms with Crippen LogP contribution in [0, 0.1) is 0 Å². The van der Waals surface area contributed by atoms with Crippen molar-refractivity contribution in [2.24, 2.45) is 0 Å². The Labute approximate surface area is 173 Å². The molecule has 0 spiro atoms. The Bertz CT molecular complexity index is 1020. The Balaban J connectivity index is 1.85. The van der Waals surface area contributed by atoms with Crippen LogP contribution in [-0.4, -0.2) is 36.7 Å². The summed E-state index contributed by atoms with van der Waals surface area (Å²) >= 11 is 6.04. The Kier molecular flexibility index (Phi) is 6.61. The van der Waals surface area contributed by atoms with Crippen molar-refractivity contribution >= 4 is 40.2 Å². The third kappa shape index (κ3) is 5.00. The number of ether oxygens (including phenoxy) is 2. The minimum Gasteiger partial charge on any atom is -0.495 e. The van der Waals surface area contributed by atoms with Gasteiger partial charge in [-0.25, -0.2) is 4.79 Å². The van der Waals surface area contributed by atoms with Crippen LogP contribution >= 0.6 is 11.6 Å². The minimum atomic E-state index is -0.864. The van der Waals surface area contributed by atoms with Crippen LogP contribution in [0.5, 0.6) is 5.75 Å². The molecule has 0 bridgehead atoms. The van der Waals surface area contributed by atoms with E-state index in [9.17, 15) is 9.59 Å². The molecule has 1 heterocycles. The summed E-state index contributed by atoms with van der Waals surface area (Å²) < 4.78 is 10.2. The molecule has 0 saturated carbocycles. The molecule has 0 radical (unpaired) electrons. The van der Waals surface area contributed by atoms with Crippen molar-refractivity contribution in [1.29, 1.82) is 0 Å². The van der Waals surface area contributed by atoms with Crippen LogP contribution in [0.15, 0.2) is 48.7 Å². The fourth-order valence-electron chi connectivity index (χ4n) is 3.04. The summed E-state index contributed by atoms with van der Waals surface area (Å²) in [4.78, 5) is 28.2. The maximum absolute atomic E-state index is 13.0. The summed E-state index contributed by atoms with van der Waals surface area (Å²) in [5.74, 6) is 0.0497. The normalized spacial score (nSPS) is 11.7. The predicted octanol–water partition coefficient (Wildman–Crippen LogP) is 4.13. The van der Waals surface area contributed by atoms with Gasteiger partial charge in [-0.2, -0.15) is 0 Å². The van der Waals surface area contributed by atoms with Gasteiger partial charge in [0.25, 0.3) is 0 Å². The topological polar surface area (TPSA) is 92.5 Å². The number of rotatable bonds is 7. The molecule has 3 N–H and O–H groups in total. The highest BCUT2D eigenvalue weighted by Gasteiger charge is 2.24. The number of alkyl carbamates (subject to hydrolysis) is 1. The van der Waals surface area contributed by atoms with Gasteiger partial charge in [0.05, 0.1) is 19.4 Å². The van der Waals surface area contributed by atoms with Crippen LogP contribution in [0.25, 0.3) is 10.9 Å². The van der Waals surface area contributed by atoms with E-state index in [-0.39, 0.29) is 13.0 Å². The van der Waals surface area contributed by atoms with E-state index in [1.165, 1.54) is 7.11 Å². The SMILES string of the molecule is CCOC(=O)N[C@H](Cc1c[nH]c2ccccc12)C(=O)Nc1cc(Cl)ccc1OC. The van der Waals surface area contributed by atoms with Crippen molar-refractivity contribution in [1.82, 2.24) is 10.3 Å². The zero-order valence-electron chi connectivity index (χ0n) is 16.1. The smallest absolute Gasteiger partial charge is 0.407 e. The van der Waals surface area contributed by atoms with Crippen LogP contribution in [-0.2, 0) is 16.0 Å². The Morgan fingerprint density at radius 1 is 1.21 bits per heavy atom. The van der Waals surface area contributed by atoms with Gasteiger partial charge < -0.3 is 25.1 Å². The predicted molar refractivity (Wildman–Crippen MR) is 113 cm³/mol. The molecule has 2 aromatic carbocycles. The lowest BCUT2D eigenvalue weighted by Crippen LogP contribution is -2.45. The summed E-state index contributed by atoms with van der Waals surface area (Å²) in [6, 6.07) is 11.8. The molecule has 3 rings (SSSR count). The highest BCUT2D eigenvalue weighted by Crippen LogP contribution is 2.28. The largest absolute Gasteiger partial charge is 0.495 e. The zero-order valence-corrected chi connectivity index (χ0v) is 16.9. The maximum Gasteiger partial charge on any atom is 0.407 e. The van der Waals surface area contributed by atoms with Crippen LogP contribution in [0.3, 0.4) is 0 Å². The minimum absolute atomic E-state index is 0.204. The molecular formula is C21H22ClN3O4. The number of carbonyl (C=O) groups excluding carboxylic acids is 2. The molecule has 0 unspecified atom stereocenters. The molecule has 8 heteroatoms. The van der Waals surface area contributed by atoms with E-state index < -0.39 is 18.0 Å². The standard InChI is InChI=1S/C21H22ClN3O4/c1-3-29-21(27)25-18(10-13-12-23-16-7-5-4-6-15(13)16)20(26)24-17-11-14(22)8-9-19(17)28-2/h4-9,11-12,18,23H,3,10H2,1-2H3,(H,24,26)(H,25,27)/t18-/m1/s1. The van der Waals surface area contributed by atoms with Gasteiger partial charge in [-0.15, -0.1) is 0 Å². The summed E-state index contributed by atoms with van der Waals surface area (Å²) in [6.45, 7) is 1.90. The summed E-state index contributed by atoms with van der Waals surface area (Å²) in [7, 11) is 1.50. The molecule has 0 aliphatic heterocycles. The maximum atomic E-state index is 13.0. The number of aromatic amines is 1. The van der Waals surface area contributed by atoms with Gasteiger partial charge in [-0.3, -0.25) is 4.79 Å². The molecule has 2 amide bonds. The van der Waals surface area contributed by atoms with E-state index in [0.717, 1.165) is 16.5 Å².